The average molecular weight is 408 g/mol. The Morgan fingerprint density at radius 3 is 2.45 bits per heavy atom. The summed E-state index contributed by atoms with van der Waals surface area (Å²) in [5.41, 5.74) is 1.47. The maximum atomic E-state index is 12.5. The van der Waals surface area contributed by atoms with Crippen molar-refractivity contribution in [1.82, 2.24) is 19.6 Å². The van der Waals surface area contributed by atoms with Crippen molar-refractivity contribution in [2.45, 2.75) is 4.90 Å². The second-order valence-corrected chi connectivity index (χ2v) is 8.40. The van der Waals surface area contributed by atoms with Crippen molar-refractivity contribution >= 4 is 9.84 Å². The van der Waals surface area contributed by atoms with Gasteiger partial charge in [0.2, 0.25) is 5.43 Å². The third-order valence-electron chi connectivity index (χ3n) is 4.30. The van der Waals surface area contributed by atoms with Gasteiger partial charge in [-0.3, -0.25) is 4.79 Å². The van der Waals surface area contributed by atoms with Gasteiger partial charge in [-0.15, -0.1) is 0 Å². The topological polar surface area (TPSA) is 107 Å². The molecule has 2 heterocycles. The molecule has 0 fully saturated rings. The maximum Gasteiger partial charge on any atom is 0.209 e. The molecular weight excluding hydrogens is 392 g/mol. The molecule has 8 nitrogen and oxygen atoms in total. The summed E-state index contributed by atoms with van der Waals surface area (Å²) in [6, 6.07) is 15.7. The Hall–Kier alpha value is -3.72. The molecule has 4 aromatic rings. The molecule has 0 amide bonds. The highest BCUT2D eigenvalue weighted by Gasteiger charge is 2.14. The minimum absolute atomic E-state index is 0.119. The molecule has 0 atom stereocenters. The lowest BCUT2D eigenvalue weighted by atomic mass is 10.2. The van der Waals surface area contributed by atoms with E-state index in [1.807, 2.05) is 0 Å². The molecule has 0 saturated heterocycles. The molecule has 0 saturated carbocycles. The van der Waals surface area contributed by atoms with Gasteiger partial charge in [-0.05, 0) is 48.5 Å². The second kappa shape index (κ2) is 7.02. The number of benzene rings is 2. The Bertz CT molecular complexity index is 1360. The molecule has 0 bridgehead atoms. The number of sulfone groups is 1. The minimum Gasteiger partial charge on any atom is -0.508 e. The normalized spacial score (nSPS) is 11.5. The number of hydrogen-bond donors (Lipinski definition) is 1. The van der Waals surface area contributed by atoms with Gasteiger partial charge in [0.15, 0.2) is 15.5 Å². The highest BCUT2D eigenvalue weighted by molar-refractivity contribution is 7.90. The first kappa shape index (κ1) is 18.6. The molecule has 0 radical (unpaired) electrons. The lowest BCUT2D eigenvalue weighted by Crippen LogP contribution is -2.15. The number of aromatic hydroxyl groups is 1. The largest absolute Gasteiger partial charge is 0.508 e. The molecule has 146 valence electrons. The summed E-state index contributed by atoms with van der Waals surface area (Å²) in [6.45, 7) is 0. The summed E-state index contributed by atoms with van der Waals surface area (Å²) in [5, 5.41) is 18.1. The van der Waals surface area contributed by atoms with Crippen LogP contribution < -0.4 is 5.43 Å². The van der Waals surface area contributed by atoms with Gasteiger partial charge in [0.25, 0.3) is 0 Å². The van der Waals surface area contributed by atoms with Crippen molar-refractivity contribution in [1.29, 1.82) is 0 Å². The molecule has 0 unspecified atom stereocenters. The van der Waals surface area contributed by atoms with Crippen molar-refractivity contribution in [3.05, 3.63) is 83.3 Å². The first-order valence-corrected chi connectivity index (χ1v) is 10.5. The zero-order valence-corrected chi connectivity index (χ0v) is 16.1. The van der Waals surface area contributed by atoms with Crippen LogP contribution in [0.5, 0.6) is 5.75 Å². The summed E-state index contributed by atoms with van der Waals surface area (Å²) in [5.74, 6) is 0.119. The van der Waals surface area contributed by atoms with E-state index in [0.29, 0.717) is 17.1 Å². The Kier molecular flexibility index (Phi) is 4.51. The Labute approximate surface area is 166 Å². The number of hydrogen-bond acceptors (Lipinski definition) is 6. The van der Waals surface area contributed by atoms with Gasteiger partial charge in [-0.1, -0.05) is 6.07 Å². The number of phenolic OH excluding ortho intramolecular Hbond substituents is 1. The summed E-state index contributed by atoms with van der Waals surface area (Å²) < 4.78 is 26.7. The second-order valence-electron chi connectivity index (χ2n) is 6.39. The minimum atomic E-state index is -3.38. The zero-order chi connectivity index (χ0) is 20.6. The van der Waals surface area contributed by atoms with E-state index in [4.69, 9.17) is 0 Å². The first-order chi connectivity index (χ1) is 13.8. The lowest BCUT2D eigenvalue weighted by Gasteiger charge is -2.10. The Balaban J connectivity index is 1.84. The molecule has 2 aromatic heterocycles. The predicted octanol–water partition coefficient (Wildman–Crippen LogP) is 2.19. The van der Waals surface area contributed by atoms with Gasteiger partial charge in [0.05, 0.1) is 28.2 Å². The van der Waals surface area contributed by atoms with Crippen LogP contribution in [0.15, 0.2) is 82.7 Å². The number of nitrogens with zero attached hydrogens (tertiary/aromatic N) is 4. The van der Waals surface area contributed by atoms with E-state index in [9.17, 15) is 18.3 Å². The predicted molar refractivity (Wildman–Crippen MR) is 107 cm³/mol. The van der Waals surface area contributed by atoms with Crippen LogP contribution in [0.2, 0.25) is 0 Å². The highest BCUT2D eigenvalue weighted by atomic mass is 32.2. The van der Waals surface area contributed by atoms with Gasteiger partial charge in [0.1, 0.15) is 5.75 Å². The fourth-order valence-corrected chi connectivity index (χ4v) is 3.53. The van der Waals surface area contributed by atoms with E-state index in [-0.39, 0.29) is 21.8 Å². The van der Waals surface area contributed by atoms with Crippen molar-refractivity contribution < 1.29 is 13.5 Å². The first-order valence-electron chi connectivity index (χ1n) is 8.57. The Morgan fingerprint density at radius 1 is 0.966 bits per heavy atom. The van der Waals surface area contributed by atoms with Gasteiger partial charge in [-0.2, -0.15) is 10.2 Å². The summed E-state index contributed by atoms with van der Waals surface area (Å²) >= 11 is 0. The number of aromatic nitrogens is 4. The van der Waals surface area contributed by atoms with Crippen LogP contribution in [0, 0.1) is 0 Å². The smallest absolute Gasteiger partial charge is 0.209 e. The zero-order valence-electron chi connectivity index (χ0n) is 15.3. The van der Waals surface area contributed by atoms with Crippen LogP contribution in [0.3, 0.4) is 0 Å². The van der Waals surface area contributed by atoms with Gasteiger partial charge < -0.3 is 5.11 Å². The molecule has 9 heteroatoms. The number of rotatable bonds is 4. The summed E-state index contributed by atoms with van der Waals surface area (Å²) in [4.78, 5) is 12.7. The van der Waals surface area contributed by atoms with Gasteiger partial charge in [-0.25, -0.2) is 17.8 Å². The molecule has 4 rings (SSSR count). The van der Waals surface area contributed by atoms with Crippen LogP contribution in [-0.2, 0) is 9.84 Å². The lowest BCUT2D eigenvalue weighted by molar-refractivity contribution is 0.475. The maximum absolute atomic E-state index is 12.5. The van der Waals surface area contributed by atoms with Gasteiger partial charge >= 0.3 is 0 Å². The fourth-order valence-electron chi connectivity index (χ4n) is 2.87. The van der Waals surface area contributed by atoms with Crippen molar-refractivity contribution in [3.8, 4) is 28.5 Å². The molecule has 0 aliphatic rings. The Morgan fingerprint density at radius 2 is 1.72 bits per heavy atom. The van der Waals surface area contributed by atoms with E-state index in [2.05, 4.69) is 10.2 Å². The molecule has 0 spiro atoms. The fraction of sp³-hybridized carbons (Fsp3) is 0.0500. The van der Waals surface area contributed by atoms with Crippen molar-refractivity contribution in [3.63, 3.8) is 0 Å². The quantitative estimate of drug-likeness (QED) is 0.555. The van der Waals surface area contributed by atoms with E-state index in [1.165, 1.54) is 41.2 Å². The van der Waals surface area contributed by atoms with Gasteiger partial charge in [0, 0.05) is 18.5 Å². The third kappa shape index (κ3) is 3.67. The number of phenols is 1. The molecule has 29 heavy (non-hydrogen) atoms. The summed E-state index contributed by atoms with van der Waals surface area (Å²) in [7, 11) is -3.38. The monoisotopic (exact) mass is 408 g/mol. The van der Waals surface area contributed by atoms with Crippen LogP contribution in [0.1, 0.15) is 0 Å². The van der Waals surface area contributed by atoms with E-state index in [1.54, 1.807) is 41.2 Å². The van der Waals surface area contributed by atoms with Crippen LogP contribution in [0.25, 0.3) is 22.8 Å². The SMILES string of the molecule is CS(=O)(=O)c1cccc(-n2ccc(=O)c(-c3ccnn3-c3ccc(O)cc3)n2)c1. The third-order valence-corrected chi connectivity index (χ3v) is 5.41. The standard InChI is InChI=1S/C20H16N4O4S/c1-29(27,28)17-4-2-3-15(13-17)23-12-10-19(26)20(22-23)18-9-11-21-24(18)14-5-7-16(25)8-6-14/h2-13,25H,1H3. The highest BCUT2D eigenvalue weighted by Crippen LogP contribution is 2.21. The van der Waals surface area contributed by atoms with E-state index < -0.39 is 9.84 Å². The van der Waals surface area contributed by atoms with Crippen molar-refractivity contribution in [2.75, 3.05) is 6.26 Å². The summed E-state index contributed by atoms with van der Waals surface area (Å²) in [6.07, 6.45) is 4.16. The average Bonchev–Trinajstić information content (AvgIpc) is 3.18. The molecular formula is C20H16N4O4S. The molecule has 0 aliphatic carbocycles. The molecule has 2 aromatic carbocycles. The molecule has 1 N–H and O–H groups in total. The van der Waals surface area contributed by atoms with E-state index >= 15 is 0 Å². The van der Waals surface area contributed by atoms with Crippen LogP contribution in [-0.4, -0.2) is 39.3 Å². The van der Waals surface area contributed by atoms with Crippen LogP contribution in [0.4, 0.5) is 0 Å². The van der Waals surface area contributed by atoms with Crippen LogP contribution >= 0.6 is 0 Å². The van der Waals surface area contributed by atoms with E-state index in [0.717, 1.165) is 6.26 Å². The molecule has 0 aliphatic heterocycles. The van der Waals surface area contributed by atoms with Crippen molar-refractivity contribution in [2.24, 2.45) is 0 Å².